The minimum atomic E-state index is 0. The quantitative estimate of drug-likeness (QED) is 0.335. The number of benzene rings is 1. The van der Waals surface area contributed by atoms with E-state index in [1.54, 1.807) is 12.8 Å². The van der Waals surface area contributed by atoms with Crippen LogP contribution in [0.1, 0.15) is 45.1 Å². The summed E-state index contributed by atoms with van der Waals surface area (Å²) in [6.45, 7) is 4.01. The van der Waals surface area contributed by atoms with Crippen molar-refractivity contribution in [2.24, 2.45) is 10.1 Å². The van der Waals surface area contributed by atoms with E-state index in [0.29, 0.717) is 5.71 Å². The van der Waals surface area contributed by atoms with Gasteiger partial charge in [0, 0.05) is 58.2 Å². The van der Waals surface area contributed by atoms with E-state index in [2.05, 4.69) is 12.1 Å². The van der Waals surface area contributed by atoms with Gasteiger partial charge < -0.3 is 11.1 Å². The molecule has 1 aromatic carbocycles. The number of hydrogen-bond acceptors (Lipinski definition) is 3. The number of para-hydroxylation sites is 1. The molecule has 0 atom stereocenters. The molecule has 1 aliphatic carbocycles. The molecule has 19 heavy (non-hydrogen) atoms. The summed E-state index contributed by atoms with van der Waals surface area (Å²) >= 11 is 0. The van der Waals surface area contributed by atoms with Gasteiger partial charge in [0.25, 0.3) is 0 Å². The van der Waals surface area contributed by atoms with Crippen LogP contribution < -0.4 is 0 Å². The molecule has 1 aromatic rings. The minimum Gasteiger partial charge on any atom is -0.411 e. The topological polar surface area (TPSA) is 45.0 Å². The SMILES string of the molecule is CC(=NO)c1ccccc1N=C1CC[C-](C)CC1.[Yb]. The first-order valence-corrected chi connectivity index (χ1v) is 6.36. The Morgan fingerprint density at radius 2 is 1.84 bits per heavy atom. The summed E-state index contributed by atoms with van der Waals surface area (Å²) in [7, 11) is 0. The van der Waals surface area contributed by atoms with E-state index in [4.69, 9.17) is 10.2 Å². The van der Waals surface area contributed by atoms with Crippen molar-refractivity contribution in [3.05, 3.63) is 35.7 Å². The average Bonchev–Trinajstić information content (AvgIpc) is 2.41. The summed E-state index contributed by atoms with van der Waals surface area (Å²) in [4.78, 5) is 4.73. The van der Waals surface area contributed by atoms with E-state index >= 15 is 0 Å². The fraction of sp³-hybridized carbons (Fsp3) is 0.400. The van der Waals surface area contributed by atoms with Crippen LogP contribution in [0.2, 0.25) is 0 Å². The minimum absolute atomic E-state index is 0. The predicted molar refractivity (Wildman–Crippen MR) is 74.9 cm³/mol. The molecule has 0 amide bonds. The van der Waals surface area contributed by atoms with Crippen LogP contribution in [0, 0.1) is 52.8 Å². The van der Waals surface area contributed by atoms with Gasteiger partial charge >= 0.3 is 0 Å². The third-order valence-corrected chi connectivity index (χ3v) is 3.40. The number of oxime groups is 1. The van der Waals surface area contributed by atoms with Crippen LogP contribution in [0.5, 0.6) is 0 Å². The van der Waals surface area contributed by atoms with Crippen molar-refractivity contribution >= 4 is 17.1 Å². The zero-order valence-electron chi connectivity index (χ0n) is 11.2. The Balaban J connectivity index is 0.00000180. The van der Waals surface area contributed by atoms with Crippen LogP contribution in [0.4, 0.5) is 5.69 Å². The Bertz CT molecular complexity index is 473. The Kier molecular flexibility index (Phi) is 7.33. The molecule has 0 aromatic heterocycles. The van der Waals surface area contributed by atoms with Gasteiger partial charge in [0.1, 0.15) is 0 Å². The summed E-state index contributed by atoms with van der Waals surface area (Å²) in [5.41, 5.74) is 3.66. The molecule has 1 aliphatic rings. The van der Waals surface area contributed by atoms with Gasteiger partial charge in [0.05, 0.1) is 11.4 Å². The second-order valence-corrected chi connectivity index (χ2v) is 4.84. The van der Waals surface area contributed by atoms with Crippen LogP contribution in [-0.2, 0) is 0 Å². The van der Waals surface area contributed by atoms with Crippen molar-refractivity contribution in [1.29, 1.82) is 0 Å². The second kappa shape index (κ2) is 8.23. The van der Waals surface area contributed by atoms with Crippen molar-refractivity contribution < 1.29 is 52.1 Å². The maximum Gasteiger partial charge on any atom is 0.0858 e. The maximum absolute atomic E-state index is 8.89. The molecule has 1 saturated carbocycles. The molecule has 0 radical (unpaired) electrons. The van der Waals surface area contributed by atoms with Gasteiger partial charge in [-0.25, -0.2) is 0 Å². The number of aliphatic imine (C=N–C) groups is 1. The molecule has 0 unspecified atom stereocenters. The molecule has 4 heteroatoms. The Morgan fingerprint density at radius 1 is 1.21 bits per heavy atom. The summed E-state index contributed by atoms with van der Waals surface area (Å²) in [6, 6.07) is 7.82. The monoisotopic (exact) mass is 417 g/mol. The fourth-order valence-corrected chi connectivity index (χ4v) is 2.18. The number of hydrogen-bond donors (Lipinski definition) is 1. The molecule has 2 rings (SSSR count). The molecule has 0 aliphatic heterocycles. The van der Waals surface area contributed by atoms with Crippen molar-refractivity contribution in [3.63, 3.8) is 0 Å². The van der Waals surface area contributed by atoms with Gasteiger partial charge in [-0.3, -0.25) is 4.99 Å². The third kappa shape index (κ3) is 4.73. The molecule has 3 nitrogen and oxygen atoms in total. The predicted octanol–water partition coefficient (Wildman–Crippen LogP) is 4.13. The first-order valence-electron chi connectivity index (χ1n) is 6.36. The van der Waals surface area contributed by atoms with Gasteiger partial charge in [-0.05, 0) is 25.8 Å². The van der Waals surface area contributed by atoms with Crippen molar-refractivity contribution in [2.75, 3.05) is 0 Å². The normalized spacial score (nSPS) is 16.9. The van der Waals surface area contributed by atoms with Crippen LogP contribution in [-0.4, -0.2) is 16.6 Å². The molecule has 110 valence electrons. The van der Waals surface area contributed by atoms with Gasteiger partial charge in [0.2, 0.25) is 0 Å². The molecule has 1 fully saturated rings. The summed E-state index contributed by atoms with van der Waals surface area (Å²) in [6.07, 6.45) is 4.40. The van der Waals surface area contributed by atoms with Gasteiger partial charge in [-0.15, -0.1) is 0 Å². The van der Waals surface area contributed by atoms with Crippen molar-refractivity contribution in [3.8, 4) is 0 Å². The fourth-order valence-electron chi connectivity index (χ4n) is 2.18. The van der Waals surface area contributed by atoms with Gasteiger partial charge in [-0.2, -0.15) is 19.8 Å². The Morgan fingerprint density at radius 3 is 2.47 bits per heavy atom. The average molecular weight is 416 g/mol. The largest absolute Gasteiger partial charge is 0.411 e. The van der Waals surface area contributed by atoms with E-state index in [-0.39, 0.29) is 46.9 Å². The van der Waals surface area contributed by atoms with E-state index in [9.17, 15) is 0 Å². The van der Waals surface area contributed by atoms with E-state index in [1.807, 2.05) is 24.3 Å². The van der Waals surface area contributed by atoms with Gasteiger partial charge in [-0.1, -0.05) is 23.4 Å². The maximum atomic E-state index is 8.89. The third-order valence-electron chi connectivity index (χ3n) is 3.40. The molecular formula is C15H19N2OYb-. The van der Waals surface area contributed by atoms with E-state index in [1.165, 1.54) is 5.71 Å². The van der Waals surface area contributed by atoms with E-state index in [0.717, 1.165) is 36.9 Å². The van der Waals surface area contributed by atoms with Gasteiger partial charge in [0.15, 0.2) is 0 Å². The van der Waals surface area contributed by atoms with Crippen molar-refractivity contribution in [1.82, 2.24) is 0 Å². The van der Waals surface area contributed by atoms with Crippen molar-refractivity contribution in [2.45, 2.75) is 39.5 Å². The molecule has 0 saturated heterocycles. The van der Waals surface area contributed by atoms with Crippen LogP contribution >= 0.6 is 0 Å². The molecule has 1 N–H and O–H groups in total. The zero-order valence-corrected chi connectivity index (χ0v) is 13.0. The summed E-state index contributed by atoms with van der Waals surface area (Å²) < 4.78 is 0. The number of nitrogens with zero attached hydrogens (tertiary/aromatic N) is 2. The molecular weight excluding hydrogens is 397 g/mol. The van der Waals surface area contributed by atoms with Crippen LogP contribution in [0.3, 0.4) is 0 Å². The standard InChI is InChI=1S/C15H19N2O.Yb/c1-11-7-9-13(10-8-11)16-15-6-4-3-5-14(15)12(2)17-18;/h3-6,18H,7-10H2,1-2H3;/q-1;. The van der Waals surface area contributed by atoms with E-state index < -0.39 is 0 Å². The smallest absolute Gasteiger partial charge is 0.0858 e. The molecule has 0 heterocycles. The molecule has 0 bridgehead atoms. The first-order chi connectivity index (χ1) is 8.70. The number of rotatable bonds is 2. The van der Waals surface area contributed by atoms with Crippen LogP contribution in [0.25, 0.3) is 0 Å². The second-order valence-electron chi connectivity index (χ2n) is 4.84. The van der Waals surface area contributed by atoms with Crippen LogP contribution in [0.15, 0.2) is 34.4 Å². The first kappa shape index (κ1) is 16.9. The zero-order chi connectivity index (χ0) is 13.0. The summed E-state index contributed by atoms with van der Waals surface area (Å²) in [5, 5.41) is 12.2. The Labute approximate surface area is 153 Å². The summed E-state index contributed by atoms with van der Waals surface area (Å²) in [5.74, 6) is 1.57. The molecule has 0 spiro atoms. The Hall–Kier alpha value is -0.121.